The summed E-state index contributed by atoms with van der Waals surface area (Å²) >= 11 is 0. The number of oxime groups is 1. The first-order valence-corrected chi connectivity index (χ1v) is 6.84. The van der Waals surface area contributed by atoms with E-state index in [0.29, 0.717) is 12.0 Å². The number of benzene rings is 2. The molecule has 0 aromatic heterocycles. The minimum atomic E-state index is -0.318. The summed E-state index contributed by atoms with van der Waals surface area (Å²) in [5.74, 6) is 0.726. The molecular weight excluding hydrogens is 276 g/mol. The van der Waals surface area contributed by atoms with E-state index in [4.69, 9.17) is 15.2 Å². The van der Waals surface area contributed by atoms with Crippen LogP contribution in [-0.4, -0.2) is 10.9 Å². The summed E-state index contributed by atoms with van der Waals surface area (Å²) in [5, 5.41) is 21.2. The summed E-state index contributed by atoms with van der Waals surface area (Å²) in [6.07, 6.45) is 2.00. The molecule has 0 saturated carbocycles. The molecule has 0 aliphatic heterocycles. The standard InChI is InChI=1S/C18H16N2O2/c1-2-8-18(22-14-9-4-3-5-10-14)16-12-7-6-11-15(16)17(13-19)20-21/h2-7,9-12,18,21H,1,8H2/b20-17-. The van der Waals surface area contributed by atoms with Crippen LogP contribution in [0, 0.1) is 11.3 Å². The van der Waals surface area contributed by atoms with Crippen molar-refractivity contribution in [1.82, 2.24) is 0 Å². The highest BCUT2D eigenvalue weighted by Crippen LogP contribution is 2.28. The van der Waals surface area contributed by atoms with Gasteiger partial charge in [0.2, 0.25) is 0 Å². The Morgan fingerprint density at radius 1 is 1.23 bits per heavy atom. The Morgan fingerprint density at radius 3 is 2.55 bits per heavy atom. The fraction of sp³-hybridized carbons (Fsp3) is 0.111. The maximum Gasteiger partial charge on any atom is 0.187 e. The Balaban J connectivity index is 2.41. The quantitative estimate of drug-likeness (QED) is 0.377. The van der Waals surface area contributed by atoms with Crippen LogP contribution in [0.4, 0.5) is 0 Å². The maximum absolute atomic E-state index is 9.10. The van der Waals surface area contributed by atoms with Gasteiger partial charge in [0.15, 0.2) is 5.71 Å². The minimum Gasteiger partial charge on any atom is -0.485 e. The lowest BCUT2D eigenvalue weighted by atomic mass is 9.97. The van der Waals surface area contributed by atoms with Crippen molar-refractivity contribution in [2.24, 2.45) is 5.16 Å². The number of nitriles is 1. The van der Waals surface area contributed by atoms with Crippen LogP contribution < -0.4 is 4.74 Å². The second-order valence-electron chi connectivity index (χ2n) is 4.59. The van der Waals surface area contributed by atoms with Crippen LogP contribution in [0.25, 0.3) is 0 Å². The Bertz CT molecular complexity index is 703. The van der Waals surface area contributed by atoms with Gasteiger partial charge in [0.05, 0.1) is 0 Å². The van der Waals surface area contributed by atoms with Gasteiger partial charge < -0.3 is 9.94 Å². The summed E-state index contributed by atoms with van der Waals surface area (Å²) in [4.78, 5) is 0. The highest BCUT2D eigenvalue weighted by molar-refractivity contribution is 6.12. The normalized spacial score (nSPS) is 12.2. The average molecular weight is 292 g/mol. The van der Waals surface area contributed by atoms with Crippen LogP contribution >= 0.6 is 0 Å². The van der Waals surface area contributed by atoms with Crippen LogP contribution in [0.2, 0.25) is 0 Å². The summed E-state index contributed by atoms with van der Waals surface area (Å²) in [6.45, 7) is 3.76. The molecule has 0 amide bonds. The molecule has 0 heterocycles. The van der Waals surface area contributed by atoms with Crippen molar-refractivity contribution >= 4 is 5.71 Å². The van der Waals surface area contributed by atoms with Crippen molar-refractivity contribution in [1.29, 1.82) is 5.26 Å². The van der Waals surface area contributed by atoms with Crippen LogP contribution in [0.3, 0.4) is 0 Å². The van der Waals surface area contributed by atoms with Gasteiger partial charge >= 0.3 is 0 Å². The monoisotopic (exact) mass is 292 g/mol. The van der Waals surface area contributed by atoms with Crippen molar-refractivity contribution in [3.05, 3.63) is 78.4 Å². The number of hydrogen-bond donors (Lipinski definition) is 1. The Labute approximate surface area is 129 Å². The first-order valence-electron chi connectivity index (χ1n) is 6.84. The summed E-state index contributed by atoms with van der Waals surface area (Å²) in [5.41, 5.74) is 1.29. The zero-order valence-electron chi connectivity index (χ0n) is 12.0. The lowest BCUT2D eigenvalue weighted by molar-refractivity contribution is 0.209. The van der Waals surface area contributed by atoms with Gasteiger partial charge in [-0.15, -0.1) is 6.58 Å². The van der Waals surface area contributed by atoms with E-state index < -0.39 is 0 Å². The Morgan fingerprint density at radius 2 is 1.91 bits per heavy atom. The van der Waals surface area contributed by atoms with Gasteiger partial charge in [0.1, 0.15) is 17.9 Å². The Kier molecular flexibility index (Phi) is 5.33. The molecule has 0 aliphatic rings. The van der Waals surface area contributed by atoms with Gasteiger partial charge in [-0.2, -0.15) is 5.26 Å². The molecule has 2 aromatic carbocycles. The first kappa shape index (κ1) is 15.3. The number of ether oxygens (including phenoxy) is 1. The molecule has 0 saturated heterocycles. The third-order valence-electron chi connectivity index (χ3n) is 3.17. The van der Waals surface area contributed by atoms with E-state index in [1.165, 1.54) is 0 Å². The molecule has 2 aromatic rings. The summed E-state index contributed by atoms with van der Waals surface area (Å²) < 4.78 is 6.00. The molecule has 110 valence electrons. The molecule has 0 aliphatic carbocycles. The van der Waals surface area contributed by atoms with E-state index in [2.05, 4.69) is 11.7 Å². The van der Waals surface area contributed by atoms with E-state index >= 15 is 0 Å². The Hall–Kier alpha value is -3.06. The van der Waals surface area contributed by atoms with Gasteiger partial charge in [-0.05, 0) is 12.1 Å². The van der Waals surface area contributed by atoms with E-state index in [0.717, 1.165) is 11.3 Å². The zero-order chi connectivity index (χ0) is 15.8. The van der Waals surface area contributed by atoms with Gasteiger partial charge in [0, 0.05) is 17.5 Å². The zero-order valence-corrected chi connectivity index (χ0v) is 12.0. The molecule has 1 atom stereocenters. The fourth-order valence-corrected chi connectivity index (χ4v) is 2.18. The summed E-state index contributed by atoms with van der Waals surface area (Å²) in [7, 11) is 0. The predicted octanol–water partition coefficient (Wildman–Crippen LogP) is 4.08. The van der Waals surface area contributed by atoms with E-state index in [1.807, 2.05) is 48.5 Å². The van der Waals surface area contributed by atoms with Gasteiger partial charge in [0.25, 0.3) is 0 Å². The number of hydrogen-bond acceptors (Lipinski definition) is 4. The van der Waals surface area contributed by atoms with Crippen LogP contribution in [-0.2, 0) is 0 Å². The van der Waals surface area contributed by atoms with E-state index in [9.17, 15) is 0 Å². The predicted molar refractivity (Wildman–Crippen MR) is 85.0 cm³/mol. The highest BCUT2D eigenvalue weighted by atomic mass is 16.5. The minimum absolute atomic E-state index is 0.0404. The smallest absolute Gasteiger partial charge is 0.187 e. The molecule has 4 heteroatoms. The third-order valence-corrected chi connectivity index (χ3v) is 3.17. The topological polar surface area (TPSA) is 65.6 Å². The van der Waals surface area contributed by atoms with Crippen LogP contribution in [0.15, 0.2) is 72.4 Å². The SMILES string of the molecule is C=CCC(Oc1ccccc1)c1ccccc1/C(C#N)=N\O. The molecule has 0 fully saturated rings. The van der Waals surface area contributed by atoms with E-state index in [1.54, 1.807) is 18.2 Å². The molecular formula is C18H16N2O2. The second-order valence-corrected chi connectivity index (χ2v) is 4.59. The van der Waals surface area contributed by atoms with Gasteiger partial charge in [-0.3, -0.25) is 0 Å². The number of para-hydroxylation sites is 1. The molecule has 2 rings (SSSR count). The third kappa shape index (κ3) is 3.53. The first-order chi connectivity index (χ1) is 10.8. The fourth-order valence-electron chi connectivity index (χ4n) is 2.18. The maximum atomic E-state index is 9.10. The largest absolute Gasteiger partial charge is 0.485 e. The molecule has 1 N–H and O–H groups in total. The lowest BCUT2D eigenvalue weighted by Crippen LogP contribution is -2.12. The lowest BCUT2D eigenvalue weighted by Gasteiger charge is -2.20. The number of nitrogens with zero attached hydrogens (tertiary/aromatic N) is 2. The van der Waals surface area contributed by atoms with Gasteiger partial charge in [-0.1, -0.05) is 53.7 Å². The molecule has 22 heavy (non-hydrogen) atoms. The van der Waals surface area contributed by atoms with Crippen molar-refractivity contribution in [2.75, 3.05) is 0 Å². The average Bonchev–Trinajstić information content (AvgIpc) is 2.57. The van der Waals surface area contributed by atoms with Crippen molar-refractivity contribution in [3.63, 3.8) is 0 Å². The van der Waals surface area contributed by atoms with Crippen LogP contribution in [0.1, 0.15) is 23.7 Å². The molecule has 4 nitrogen and oxygen atoms in total. The number of rotatable bonds is 6. The van der Waals surface area contributed by atoms with E-state index in [-0.39, 0.29) is 11.8 Å². The van der Waals surface area contributed by atoms with Crippen molar-refractivity contribution in [3.8, 4) is 11.8 Å². The molecule has 0 bridgehead atoms. The second kappa shape index (κ2) is 7.65. The highest BCUT2D eigenvalue weighted by Gasteiger charge is 2.19. The summed E-state index contributed by atoms with van der Waals surface area (Å²) in [6, 6.07) is 18.5. The van der Waals surface area contributed by atoms with Gasteiger partial charge in [-0.25, -0.2) is 0 Å². The van der Waals surface area contributed by atoms with Crippen molar-refractivity contribution < 1.29 is 9.94 Å². The van der Waals surface area contributed by atoms with Crippen LogP contribution in [0.5, 0.6) is 5.75 Å². The van der Waals surface area contributed by atoms with Crippen molar-refractivity contribution in [2.45, 2.75) is 12.5 Å². The molecule has 1 unspecified atom stereocenters. The molecule has 0 spiro atoms. The molecule has 0 radical (unpaired) electrons.